The van der Waals surface area contributed by atoms with Crippen molar-refractivity contribution in [1.29, 1.82) is 0 Å². The van der Waals surface area contributed by atoms with Crippen molar-refractivity contribution in [3.63, 3.8) is 0 Å². The molecule has 2 N–H and O–H groups in total. The van der Waals surface area contributed by atoms with Crippen LogP contribution in [0, 0.1) is 5.92 Å². The number of nitrogens with one attached hydrogen (secondary N) is 1. The second-order valence-corrected chi connectivity index (χ2v) is 8.79. The van der Waals surface area contributed by atoms with Gasteiger partial charge in [-0.1, -0.05) is 0 Å². The Kier molecular flexibility index (Phi) is 5.35. The topological polar surface area (TPSA) is 102 Å². The first-order chi connectivity index (χ1) is 9.75. The molecule has 0 radical (unpaired) electrons. The fourth-order valence-electron chi connectivity index (χ4n) is 2.10. The predicted molar refractivity (Wildman–Crippen MR) is 82.1 cm³/mol. The van der Waals surface area contributed by atoms with E-state index in [1.165, 1.54) is 0 Å². The van der Waals surface area contributed by atoms with Crippen LogP contribution < -0.4 is 5.32 Å². The fourth-order valence-corrected chi connectivity index (χ4v) is 3.01. The average molecular weight is 335 g/mol. The largest absolute Gasteiger partial charge is 0.458 e. The predicted octanol–water partition coefficient (Wildman–Crippen LogP) is 2.08. The van der Waals surface area contributed by atoms with Crippen LogP contribution in [0.15, 0.2) is 0 Å². The lowest BCUT2D eigenvalue weighted by Crippen LogP contribution is -2.49. The lowest BCUT2D eigenvalue weighted by Gasteiger charge is -2.27. The lowest BCUT2D eigenvalue weighted by atomic mass is 10.1. The molecule has 0 aromatic heterocycles. The van der Waals surface area contributed by atoms with Crippen molar-refractivity contribution >= 4 is 20.1 Å². The molecular formula is C14H26NO6P. The van der Waals surface area contributed by atoms with Crippen LogP contribution in [0.25, 0.3) is 0 Å². The summed E-state index contributed by atoms with van der Waals surface area (Å²) < 4.78 is 21.5. The Morgan fingerprint density at radius 2 is 1.68 bits per heavy atom. The van der Waals surface area contributed by atoms with Crippen molar-refractivity contribution < 1.29 is 28.5 Å². The highest BCUT2D eigenvalue weighted by atomic mass is 31.1. The average Bonchev–Trinajstić information content (AvgIpc) is 2.85. The molecule has 1 fully saturated rings. The zero-order valence-corrected chi connectivity index (χ0v) is 15.0. The number of carbonyl (C=O) groups excluding carboxylic acids is 2. The first-order valence-corrected chi connectivity index (χ1v) is 8.78. The van der Waals surface area contributed by atoms with Gasteiger partial charge < -0.3 is 19.7 Å². The van der Waals surface area contributed by atoms with E-state index in [1.54, 1.807) is 41.5 Å². The van der Waals surface area contributed by atoms with E-state index >= 15 is 0 Å². The molecule has 8 heteroatoms. The van der Waals surface area contributed by atoms with E-state index in [-0.39, 0.29) is 12.6 Å². The summed E-state index contributed by atoms with van der Waals surface area (Å²) in [4.78, 5) is 33.4. The van der Waals surface area contributed by atoms with Gasteiger partial charge in [-0.05, 0) is 48.0 Å². The molecule has 1 aliphatic carbocycles. The van der Waals surface area contributed by atoms with E-state index in [0.717, 1.165) is 0 Å². The molecule has 1 amide bonds. The Morgan fingerprint density at radius 3 is 2.09 bits per heavy atom. The molecule has 3 atom stereocenters. The maximum absolute atomic E-state index is 12.4. The van der Waals surface area contributed by atoms with Crippen molar-refractivity contribution in [3.8, 4) is 0 Å². The second kappa shape index (κ2) is 6.20. The zero-order chi connectivity index (χ0) is 17.3. The highest BCUT2D eigenvalue weighted by Gasteiger charge is 2.63. The van der Waals surface area contributed by atoms with E-state index in [4.69, 9.17) is 14.4 Å². The van der Waals surface area contributed by atoms with Crippen LogP contribution in [0.4, 0.5) is 4.79 Å². The summed E-state index contributed by atoms with van der Waals surface area (Å²) >= 11 is 0. The van der Waals surface area contributed by atoms with Gasteiger partial charge in [0.05, 0.1) is 0 Å². The molecule has 0 heterocycles. The van der Waals surface area contributed by atoms with Crippen LogP contribution >= 0.6 is 8.03 Å². The fraction of sp³-hybridized carbons (Fsp3) is 0.857. The van der Waals surface area contributed by atoms with Gasteiger partial charge >= 0.3 is 12.1 Å². The van der Waals surface area contributed by atoms with Crippen LogP contribution in [0.3, 0.4) is 0 Å². The number of amides is 1. The van der Waals surface area contributed by atoms with Crippen LogP contribution in [-0.4, -0.2) is 39.9 Å². The summed E-state index contributed by atoms with van der Waals surface area (Å²) in [5, 5.41) is 2.53. The third-order valence-electron chi connectivity index (χ3n) is 3.01. The Balaban J connectivity index is 2.84. The van der Waals surface area contributed by atoms with E-state index in [0.29, 0.717) is 0 Å². The number of hydrogen-bond donors (Lipinski definition) is 2. The molecule has 22 heavy (non-hydrogen) atoms. The molecule has 1 aliphatic rings. The maximum Gasteiger partial charge on any atom is 0.408 e. The van der Waals surface area contributed by atoms with Gasteiger partial charge in [0.25, 0.3) is 0 Å². The maximum atomic E-state index is 12.4. The van der Waals surface area contributed by atoms with Crippen LogP contribution in [0.1, 0.15) is 48.0 Å². The molecule has 0 saturated heterocycles. The van der Waals surface area contributed by atoms with Gasteiger partial charge in [0.1, 0.15) is 16.7 Å². The summed E-state index contributed by atoms with van der Waals surface area (Å²) in [6, 6.07) is 0. The molecule has 0 bridgehead atoms. The number of rotatable bonds is 4. The normalized spacial score (nSPS) is 26.0. The number of ether oxygens (including phenoxy) is 2. The quantitative estimate of drug-likeness (QED) is 0.602. The number of alkyl carbamates (subject to hydrolysis) is 1. The number of esters is 1. The van der Waals surface area contributed by atoms with Gasteiger partial charge in [-0.15, -0.1) is 0 Å². The van der Waals surface area contributed by atoms with Crippen LogP contribution in [-0.2, 0) is 18.8 Å². The monoisotopic (exact) mass is 335 g/mol. The summed E-state index contributed by atoms with van der Waals surface area (Å²) in [6.45, 7) is 10.3. The van der Waals surface area contributed by atoms with Gasteiger partial charge in [0.15, 0.2) is 8.03 Å². The second-order valence-electron chi connectivity index (χ2n) is 7.60. The minimum Gasteiger partial charge on any atom is -0.458 e. The number of hydrogen-bond acceptors (Lipinski definition) is 5. The molecule has 1 saturated carbocycles. The Labute approximate surface area is 131 Å². The molecule has 0 aromatic carbocycles. The number of carbonyl (C=O) groups is 2. The van der Waals surface area contributed by atoms with Crippen molar-refractivity contribution in [2.45, 2.75) is 64.7 Å². The van der Waals surface area contributed by atoms with E-state index < -0.39 is 42.7 Å². The highest BCUT2D eigenvalue weighted by Crippen LogP contribution is 2.48. The van der Waals surface area contributed by atoms with E-state index in [9.17, 15) is 14.2 Å². The SMILES string of the molecule is CC(C)(C)OC(=O)N[C@@]1(C(=O)OC(C)(C)C)C[C@H]1C[PH](=O)O. The highest BCUT2D eigenvalue weighted by molar-refractivity contribution is 7.38. The summed E-state index contributed by atoms with van der Waals surface area (Å²) in [6.07, 6.45) is -0.490. The van der Waals surface area contributed by atoms with Crippen molar-refractivity contribution in [2.75, 3.05) is 6.16 Å². The minimum atomic E-state index is -2.74. The molecule has 0 aromatic rings. The smallest absolute Gasteiger partial charge is 0.408 e. The van der Waals surface area contributed by atoms with Gasteiger partial charge in [-0.2, -0.15) is 0 Å². The van der Waals surface area contributed by atoms with Gasteiger partial charge in [-0.25, -0.2) is 9.59 Å². The Morgan fingerprint density at radius 1 is 1.18 bits per heavy atom. The molecule has 1 unspecified atom stereocenters. The zero-order valence-electron chi connectivity index (χ0n) is 14.0. The van der Waals surface area contributed by atoms with Crippen molar-refractivity contribution in [2.24, 2.45) is 5.92 Å². The molecule has 0 aliphatic heterocycles. The van der Waals surface area contributed by atoms with Crippen LogP contribution in [0.5, 0.6) is 0 Å². The molecule has 128 valence electrons. The molecule has 7 nitrogen and oxygen atoms in total. The molecular weight excluding hydrogens is 309 g/mol. The van der Waals surface area contributed by atoms with Gasteiger partial charge in [0.2, 0.25) is 0 Å². The van der Waals surface area contributed by atoms with Crippen molar-refractivity contribution in [1.82, 2.24) is 5.32 Å². The summed E-state index contributed by atoms with van der Waals surface area (Å²) in [5.74, 6) is -1.01. The van der Waals surface area contributed by atoms with Gasteiger partial charge in [0, 0.05) is 12.1 Å². The first kappa shape index (κ1) is 19.0. The van der Waals surface area contributed by atoms with Gasteiger partial charge in [-0.3, -0.25) is 4.57 Å². The summed E-state index contributed by atoms with van der Waals surface area (Å²) in [7, 11) is -2.74. The van der Waals surface area contributed by atoms with Crippen molar-refractivity contribution in [3.05, 3.63) is 0 Å². The molecule has 1 rings (SSSR count). The Bertz CT molecular complexity index is 479. The minimum absolute atomic E-state index is 0.0281. The third kappa shape index (κ3) is 5.61. The first-order valence-electron chi connectivity index (χ1n) is 7.21. The van der Waals surface area contributed by atoms with E-state index in [1.807, 2.05) is 0 Å². The van der Waals surface area contributed by atoms with E-state index in [2.05, 4.69) is 5.32 Å². The standard InChI is InChI=1S/C14H26NO6P/c1-12(2,3)20-10(16)14(7-9(14)8-22(18)19)15-11(17)21-13(4,5)6/h9,22H,7-8H2,1-6H3,(H,15,17)(H,18,19)/t9-,14-/m0/s1. The third-order valence-corrected chi connectivity index (χ3v) is 3.86. The Hall–Kier alpha value is -1.07. The molecule has 0 spiro atoms. The summed E-state index contributed by atoms with van der Waals surface area (Å²) in [5.41, 5.74) is -2.68. The van der Waals surface area contributed by atoms with Crippen LogP contribution in [0.2, 0.25) is 0 Å². The lowest BCUT2D eigenvalue weighted by molar-refractivity contribution is -0.159.